The number of fused-ring (bicyclic) bond motifs is 1. The Bertz CT molecular complexity index is 581. The van der Waals surface area contributed by atoms with Crippen molar-refractivity contribution in [2.45, 2.75) is 19.9 Å². The molecule has 1 amide bonds. The van der Waals surface area contributed by atoms with E-state index >= 15 is 0 Å². The number of carbonyl (C=O) groups excluding carboxylic acids is 1. The lowest BCUT2D eigenvalue weighted by molar-refractivity contribution is -0.119. The van der Waals surface area contributed by atoms with E-state index in [1.165, 1.54) is 10.8 Å². The first-order chi connectivity index (χ1) is 8.49. The molecule has 0 aromatic carbocycles. The van der Waals surface area contributed by atoms with Gasteiger partial charge in [-0.15, -0.1) is 0 Å². The van der Waals surface area contributed by atoms with Gasteiger partial charge in [0, 0.05) is 6.07 Å². The number of halogens is 1. The number of primary amides is 1. The van der Waals surface area contributed by atoms with Crippen molar-refractivity contribution in [3.8, 4) is 0 Å². The summed E-state index contributed by atoms with van der Waals surface area (Å²) < 4.78 is 1.46. The van der Waals surface area contributed by atoms with Crippen LogP contribution in [0.2, 0.25) is 5.15 Å². The Kier molecular flexibility index (Phi) is 3.33. The van der Waals surface area contributed by atoms with Crippen molar-refractivity contribution in [3.05, 3.63) is 17.5 Å². The highest BCUT2D eigenvalue weighted by Crippen LogP contribution is 2.17. The van der Waals surface area contributed by atoms with Gasteiger partial charge in [0.15, 0.2) is 0 Å². The van der Waals surface area contributed by atoms with Gasteiger partial charge in [-0.2, -0.15) is 19.6 Å². The van der Waals surface area contributed by atoms with Gasteiger partial charge in [-0.25, -0.2) is 0 Å². The molecule has 0 aliphatic heterocycles. The van der Waals surface area contributed by atoms with Gasteiger partial charge in [0.2, 0.25) is 5.91 Å². The van der Waals surface area contributed by atoms with E-state index in [1.54, 1.807) is 6.07 Å². The smallest absolute Gasteiger partial charge is 0.255 e. The van der Waals surface area contributed by atoms with E-state index in [1.807, 2.05) is 13.8 Å². The number of amides is 1. The van der Waals surface area contributed by atoms with Crippen molar-refractivity contribution < 1.29 is 4.79 Å². The Balaban J connectivity index is 2.41. The van der Waals surface area contributed by atoms with E-state index in [4.69, 9.17) is 17.3 Å². The quantitative estimate of drug-likeness (QED) is 0.796. The average molecular weight is 269 g/mol. The first-order valence-corrected chi connectivity index (χ1v) is 5.79. The zero-order valence-corrected chi connectivity index (χ0v) is 10.7. The third kappa shape index (κ3) is 2.35. The summed E-state index contributed by atoms with van der Waals surface area (Å²) >= 11 is 5.87. The van der Waals surface area contributed by atoms with Crippen LogP contribution < -0.4 is 11.1 Å². The predicted octanol–water partition coefficient (Wildman–Crippen LogP) is 0.699. The first kappa shape index (κ1) is 12.6. The molecular weight excluding hydrogens is 256 g/mol. The average Bonchev–Trinajstić information content (AvgIpc) is 2.72. The summed E-state index contributed by atoms with van der Waals surface area (Å²) in [5, 5.41) is 7.28. The van der Waals surface area contributed by atoms with Crippen molar-refractivity contribution in [1.82, 2.24) is 19.6 Å². The van der Waals surface area contributed by atoms with Gasteiger partial charge >= 0.3 is 0 Å². The number of hydrogen-bond acceptors (Lipinski definition) is 5. The predicted molar refractivity (Wildman–Crippen MR) is 67.2 cm³/mol. The summed E-state index contributed by atoms with van der Waals surface area (Å²) in [7, 11) is 0. The lowest BCUT2D eigenvalue weighted by Gasteiger charge is -2.20. The van der Waals surface area contributed by atoms with Crippen molar-refractivity contribution in [1.29, 1.82) is 0 Å². The topological polar surface area (TPSA) is 98.2 Å². The van der Waals surface area contributed by atoms with E-state index in [2.05, 4.69) is 20.4 Å². The number of nitrogens with two attached hydrogens (primary N) is 1. The number of anilines is 1. The van der Waals surface area contributed by atoms with Crippen LogP contribution in [0.1, 0.15) is 13.8 Å². The second-order valence-corrected chi connectivity index (χ2v) is 4.59. The minimum atomic E-state index is -0.518. The molecule has 2 aromatic heterocycles. The molecule has 2 aromatic rings. The maximum Gasteiger partial charge on any atom is 0.255 e. The summed E-state index contributed by atoms with van der Waals surface area (Å²) in [6.45, 7) is 3.79. The maximum atomic E-state index is 11.4. The molecule has 0 fully saturated rings. The number of nitrogens with zero attached hydrogens (tertiary/aromatic N) is 4. The summed E-state index contributed by atoms with van der Waals surface area (Å²) in [6.07, 6.45) is 1.36. The van der Waals surface area contributed by atoms with Crippen LogP contribution in [0.25, 0.3) is 5.78 Å². The minimum absolute atomic E-state index is 0.0352. The molecule has 96 valence electrons. The van der Waals surface area contributed by atoms with Crippen LogP contribution in [-0.2, 0) is 4.79 Å². The number of nitrogens with one attached hydrogen (secondary N) is 1. The third-order valence-corrected chi connectivity index (χ3v) is 2.69. The highest BCUT2D eigenvalue weighted by molar-refractivity contribution is 6.29. The van der Waals surface area contributed by atoms with E-state index < -0.39 is 11.9 Å². The van der Waals surface area contributed by atoms with Crippen molar-refractivity contribution in [2.75, 3.05) is 5.32 Å². The van der Waals surface area contributed by atoms with Crippen LogP contribution in [0.4, 0.5) is 5.82 Å². The molecule has 18 heavy (non-hydrogen) atoms. The van der Waals surface area contributed by atoms with E-state index in [0.29, 0.717) is 11.6 Å². The van der Waals surface area contributed by atoms with Crippen molar-refractivity contribution >= 4 is 29.1 Å². The molecule has 0 aliphatic carbocycles. The van der Waals surface area contributed by atoms with E-state index in [0.717, 1.165) is 0 Å². The molecule has 1 unspecified atom stereocenters. The van der Waals surface area contributed by atoms with Gasteiger partial charge < -0.3 is 11.1 Å². The molecular formula is C10H13ClN6O. The molecule has 0 saturated heterocycles. The lowest BCUT2D eigenvalue weighted by atomic mass is 10.0. The van der Waals surface area contributed by atoms with Crippen LogP contribution in [0.15, 0.2) is 12.4 Å². The number of carbonyl (C=O) groups is 1. The fourth-order valence-electron chi connectivity index (χ4n) is 1.61. The molecule has 0 spiro atoms. The summed E-state index contributed by atoms with van der Waals surface area (Å²) in [5.41, 5.74) is 5.35. The fraction of sp³-hybridized carbons (Fsp3) is 0.400. The maximum absolute atomic E-state index is 11.4. The summed E-state index contributed by atoms with van der Waals surface area (Å²) in [6, 6.07) is 1.05. The molecule has 2 rings (SSSR count). The number of rotatable bonds is 4. The van der Waals surface area contributed by atoms with Crippen LogP contribution in [0, 0.1) is 5.92 Å². The van der Waals surface area contributed by atoms with Crippen LogP contribution in [0.3, 0.4) is 0 Å². The van der Waals surface area contributed by atoms with Crippen LogP contribution >= 0.6 is 11.6 Å². The van der Waals surface area contributed by atoms with Gasteiger partial charge in [-0.05, 0) is 5.92 Å². The Hall–Kier alpha value is -1.89. The molecule has 2 heterocycles. The second kappa shape index (κ2) is 4.77. The van der Waals surface area contributed by atoms with Gasteiger partial charge in [-0.1, -0.05) is 25.4 Å². The van der Waals surface area contributed by atoms with Crippen molar-refractivity contribution in [3.63, 3.8) is 0 Å². The first-order valence-electron chi connectivity index (χ1n) is 5.41. The number of aromatic nitrogens is 4. The summed E-state index contributed by atoms with van der Waals surface area (Å²) in [5.74, 6) is 0.483. The third-order valence-electron chi connectivity index (χ3n) is 2.50. The van der Waals surface area contributed by atoms with Gasteiger partial charge in [0.1, 0.15) is 23.3 Å². The highest BCUT2D eigenvalue weighted by Gasteiger charge is 2.20. The standard InChI is InChI=1S/C10H13ClN6O/c1-5(2)8(9(12)18)16-7-3-6(11)15-10-13-4-14-17(7)10/h3-5,8,16H,1-2H3,(H2,12,18). The zero-order valence-electron chi connectivity index (χ0n) is 9.96. The van der Waals surface area contributed by atoms with E-state index in [9.17, 15) is 4.79 Å². The van der Waals surface area contributed by atoms with Gasteiger partial charge in [0.05, 0.1) is 0 Å². The monoisotopic (exact) mass is 268 g/mol. The molecule has 8 heteroatoms. The fourth-order valence-corrected chi connectivity index (χ4v) is 1.79. The molecule has 3 N–H and O–H groups in total. The van der Waals surface area contributed by atoms with Gasteiger partial charge in [-0.3, -0.25) is 4.79 Å². The normalized spacial score (nSPS) is 12.9. The molecule has 1 atom stereocenters. The highest BCUT2D eigenvalue weighted by atomic mass is 35.5. The lowest BCUT2D eigenvalue weighted by Crippen LogP contribution is -2.40. The molecule has 0 aliphatic rings. The van der Waals surface area contributed by atoms with E-state index in [-0.39, 0.29) is 11.1 Å². The van der Waals surface area contributed by atoms with Gasteiger partial charge in [0.25, 0.3) is 5.78 Å². The minimum Gasteiger partial charge on any atom is -0.368 e. The second-order valence-electron chi connectivity index (χ2n) is 4.20. The molecule has 7 nitrogen and oxygen atoms in total. The van der Waals surface area contributed by atoms with Crippen LogP contribution in [-0.4, -0.2) is 31.5 Å². The molecule has 0 radical (unpaired) electrons. The summed E-state index contributed by atoms with van der Waals surface area (Å²) in [4.78, 5) is 19.3. The SMILES string of the molecule is CC(C)C(Nc1cc(Cl)nc2ncnn12)C(N)=O. The Morgan fingerprint density at radius 3 is 2.89 bits per heavy atom. The van der Waals surface area contributed by atoms with Crippen molar-refractivity contribution in [2.24, 2.45) is 11.7 Å². The molecule has 0 bridgehead atoms. The largest absolute Gasteiger partial charge is 0.368 e. The van der Waals surface area contributed by atoms with Crippen LogP contribution in [0.5, 0.6) is 0 Å². The molecule has 0 saturated carbocycles. The number of hydrogen-bond donors (Lipinski definition) is 2. The Morgan fingerprint density at radius 2 is 2.28 bits per heavy atom. The Labute approximate surface area is 108 Å². The Morgan fingerprint density at radius 1 is 1.56 bits per heavy atom. The zero-order chi connectivity index (χ0) is 13.3.